The van der Waals surface area contributed by atoms with Crippen LogP contribution >= 0.6 is 15.9 Å². The van der Waals surface area contributed by atoms with Crippen molar-refractivity contribution >= 4 is 15.9 Å². The Kier molecular flexibility index (Phi) is 3.26. The minimum atomic E-state index is 0.409. The van der Waals surface area contributed by atoms with Crippen LogP contribution in [0.5, 0.6) is 0 Å². The maximum absolute atomic E-state index is 5.94. The average Bonchev–Trinajstić information content (AvgIpc) is 2.80. The predicted molar refractivity (Wildman–Crippen MR) is 83.4 cm³/mol. The lowest BCUT2D eigenvalue weighted by molar-refractivity contribution is -0.0782. The van der Waals surface area contributed by atoms with E-state index in [1.54, 1.807) is 0 Å². The molecule has 4 bridgehead atoms. The third-order valence-corrected chi connectivity index (χ3v) is 6.41. The molecule has 4 aliphatic carbocycles. The number of rotatable bonds is 4. The lowest BCUT2D eigenvalue weighted by Gasteiger charge is -2.59. The molecule has 1 aromatic heterocycles. The van der Waals surface area contributed by atoms with Crippen molar-refractivity contribution in [3.8, 4) is 0 Å². The van der Waals surface area contributed by atoms with Crippen LogP contribution in [-0.4, -0.2) is 6.54 Å². The lowest BCUT2D eigenvalue weighted by Crippen LogP contribution is -2.51. The minimum absolute atomic E-state index is 0.409. The van der Waals surface area contributed by atoms with Crippen molar-refractivity contribution in [2.24, 2.45) is 23.2 Å². The number of hydrogen-bond donors (Lipinski definition) is 1. The molecule has 3 heteroatoms. The Bertz CT molecular complexity index is 460. The van der Waals surface area contributed by atoms with Crippen LogP contribution in [0.1, 0.15) is 57.3 Å². The molecule has 0 aliphatic heterocycles. The molecule has 4 aliphatic rings. The van der Waals surface area contributed by atoms with E-state index in [2.05, 4.69) is 34.2 Å². The highest BCUT2D eigenvalue weighted by Crippen LogP contribution is 2.64. The summed E-state index contributed by atoms with van der Waals surface area (Å²) in [6.07, 6.45) is 8.73. The zero-order chi connectivity index (χ0) is 13.7. The third kappa shape index (κ3) is 2.09. The van der Waals surface area contributed by atoms with Gasteiger partial charge in [0.15, 0.2) is 4.67 Å². The summed E-state index contributed by atoms with van der Waals surface area (Å²) in [6, 6.07) is 4.61. The molecule has 1 atom stereocenters. The van der Waals surface area contributed by atoms with Crippen LogP contribution in [0.15, 0.2) is 21.2 Å². The minimum Gasteiger partial charge on any atom is -0.453 e. The molecule has 1 aromatic rings. The predicted octanol–water partition coefficient (Wildman–Crippen LogP) is 4.91. The van der Waals surface area contributed by atoms with Crippen LogP contribution in [0.4, 0.5) is 0 Å². The van der Waals surface area contributed by atoms with Crippen LogP contribution in [0.2, 0.25) is 0 Å². The maximum atomic E-state index is 5.94. The van der Waals surface area contributed by atoms with Gasteiger partial charge < -0.3 is 9.73 Å². The summed E-state index contributed by atoms with van der Waals surface area (Å²) >= 11 is 3.47. The van der Waals surface area contributed by atoms with Gasteiger partial charge in [0.05, 0.1) is 6.04 Å². The summed E-state index contributed by atoms with van der Waals surface area (Å²) in [5.74, 6) is 4.10. The standard InChI is InChI=1S/C17H24BrNO/c1-2-19-16(14-3-4-15(18)20-14)17-8-11-5-12(9-17)7-13(6-11)10-17/h3-4,11-13,16,19H,2,5-10H2,1H3. The summed E-state index contributed by atoms with van der Waals surface area (Å²) in [4.78, 5) is 0. The Morgan fingerprint density at radius 3 is 2.25 bits per heavy atom. The highest BCUT2D eigenvalue weighted by molar-refractivity contribution is 9.10. The number of hydrogen-bond acceptors (Lipinski definition) is 2. The van der Waals surface area contributed by atoms with Crippen molar-refractivity contribution < 1.29 is 4.42 Å². The van der Waals surface area contributed by atoms with E-state index >= 15 is 0 Å². The van der Waals surface area contributed by atoms with Gasteiger partial charge in [0.25, 0.3) is 0 Å². The molecular formula is C17H24BrNO. The quantitative estimate of drug-likeness (QED) is 0.844. The molecule has 1 heterocycles. The zero-order valence-electron chi connectivity index (χ0n) is 12.2. The van der Waals surface area contributed by atoms with Gasteiger partial charge in [-0.05, 0) is 96.3 Å². The van der Waals surface area contributed by atoms with E-state index in [-0.39, 0.29) is 0 Å². The van der Waals surface area contributed by atoms with Crippen LogP contribution in [0.3, 0.4) is 0 Å². The van der Waals surface area contributed by atoms with E-state index in [9.17, 15) is 0 Å². The SMILES string of the molecule is CCNC(c1ccc(Br)o1)C12CC3CC(CC(C3)C1)C2. The van der Waals surface area contributed by atoms with Crippen LogP contribution < -0.4 is 5.32 Å². The molecule has 0 radical (unpaired) electrons. The third-order valence-electron chi connectivity index (χ3n) is 5.98. The number of halogens is 1. The van der Waals surface area contributed by atoms with Crippen molar-refractivity contribution in [1.82, 2.24) is 5.32 Å². The maximum Gasteiger partial charge on any atom is 0.169 e. The van der Waals surface area contributed by atoms with Gasteiger partial charge in [0.2, 0.25) is 0 Å². The molecule has 1 unspecified atom stereocenters. The van der Waals surface area contributed by atoms with Gasteiger partial charge in [-0.25, -0.2) is 0 Å². The van der Waals surface area contributed by atoms with Gasteiger partial charge in [-0.3, -0.25) is 0 Å². The highest BCUT2D eigenvalue weighted by Gasteiger charge is 2.54. The molecule has 0 saturated heterocycles. The van der Waals surface area contributed by atoms with Crippen molar-refractivity contribution in [3.63, 3.8) is 0 Å². The molecule has 2 nitrogen and oxygen atoms in total. The van der Waals surface area contributed by atoms with E-state index in [4.69, 9.17) is 4.42 Å². The first-order chi connectivity index (χ1) is 9.68. The van der Waals surface area contributed by atoms with Crippen LogP contribution in [0, 0.1) is 23.2 Å². The number of nitrogens with one attached hydrogen (secondary N) is 1. The molecular weight excluding hydrogens is 314 g/mol. The summed E-state index contributed by atoms with van der Waals surface area (Å²) in [5, 5.41) is 3.75. The Hall–Kier alpha value is -0.280. The van der Waals surface area contributed by atoms with Gasteiger partial charge in [-0.2, -0.15) is 0 Å². The summed E-state index contributed by atoms with van der Waals surface area (Å²) in [5.41, 5.74) is 0.460. The Labute approximate surface area is 129 Å². The Morgan fingerprint density at radius 2 is 1.80 bits per heavy atom. The van der Waals surface area contributed by atoms with Gasteiger partial charge in [-0.15, -0.1) is 0 Å². The van der Waals surface area contributed by atoms with Gasteiger partial charge in [-0.1, -0.05) is 6.92 Å². The second kappa shape index (κ2) is 4.88. The first-order valence-corrected chi connectivity index (χ1v) is 8.96. The molecule has 1 N–H and O–H groups in total. The van der Waals surface area contributed by atoms with E-state index in [1.807, 2.05) is 6.07 Å². The van der Waals surface area contributed by atoms with Gasteiger partial charge >= 0.3 is 0 Å². The first-order valence-electron chi connectivity index (χ1n) is 8.17. The van der Waals surface area contributed by atoms with Crippen molar-refractivity contribution in [2.45, 2.75) is 51.5 Å². The molecule has 0 spiro atoms. The smallest absolute Gasteiger partial charge is 0.169 e. The second-order valence-corrected chi connectivity index (χ2v) is 8.19. The largest absolute Gasteiger partial charge is 0.453 e. The van der Waals surface area contributed by atoms with Crippen LogP contribution in [0.25, 0.3) is 0 Å². The second-order valence-electron chi connectivity index (χ2n) is 7.41. The first kappa shape index (κ1) is 13.4. The summed E-state index contributed by atoms with van der Waals surface area (Å²) < 4.78 is 6.80. The molecule has 5 rings (SSSR count). The Morgan fingerprint density at radius 1 is 1.20 bits per heavy atom. The van der Waals surface area contributed by atoms with E-state index in [1.165, 1.54) is 38.5 Å². The normalized spacial score (nSPS) is 40.2. The monoisotopic (exact) mass is 337 g/mol. The molecule has 110 valence electrons. The highest BCUT2D eigenvalue weighted by atomic mass is 79.9. The van der Waals surface area contributed by atoms with Gasteiger partial charge in [0.1, 0.15) is 5.76 Å². The van der Waals surface area contributed by atoms with Gasteiger partial charge in [0, 0.05) is 0 Å². The van der Waals surface area contributed by atoms with Crippen molar-refractivity contribution in [3.05, 3.63) is 22.6 Å². The zero-order valence-corrected chi connectivity index (χ0v) is 13.8. The lowest BCUT2D eigenvalue weighted by atomic mass is 9.47. The topological polar surface area (TPSA) is 25.2 Å². The molecule has 4 fully saturated rings. The number of furan rings is 1. The van der Waals surface area contributed by atoms with Crippen molar-refractivity contribution in [2.75, 3.05) is 6.54 Å². The fourth-order valence-electron chi connectivity index (χ4n) is 5.84. The molecule has 0 amide bonds. The fraction of sp³-hybridized carbons (Fsp3) is 0.765. The average molecular weight is 338 g/mol. The van der Waals surface area contributed by atoms with E-state index < -0.39 is 0 Å². The summed E-state index contributed by atoms with van der Waals surface area (Å²) in [6.45, 7) is 3.23. The molecule has 0 aromatic carbocycles. The van der Waals surface area contributed by atoms with E-state index in [0.717, 1.165) is 34.7 Å². The van der Waals surface area contributed by atoms with Crippen LogP contribution in [-0.2, 0) is 0 Å². The fourth-order valence-corrected chi connectivity index (χ4v) is 6.16. The van der Waals surface area contributed by atoms with E-state index in [0.29, 0.717) is 11.5 Å². The molecule has 4 saturated carbocycles. The van der Waals surface area contributed by atoms with Crippen molar-refractivity contribution in [1.29, 1.82) is 0 Å². The summed E-state index contributed by atoms with van der Waals surface area (Å²) in [7, 11) is 0. The molecule has 20 heavy (non-hydrogen) atoms. The Balaban J connectivity index is 1.68.